The number of thioether (sulfide) groups is 1. The second-order valence-corrected chi connectivity index (χ2v) is 5.23. The van der Waals surface area contributed by atoms with Crippen molar-refractivity contribution in [2.45, 2.75) is 25.6 Å². The van der Waals surface area contributed by atoms with Crippen molar-refractivity contribution >= 4 is 11.8 Å². The lowest BCUT2D eigenvalue weighted by Crippen LogP contribution is -2.48. The van der Waals surface area contributed by atoms with Gasteiger partial charge in [0.15, 0.2) is 0 Å². The highest BCUT2D eigenvalue weighted by atomic mass is 32.2. The first-order valence-corrected chi connectivity index (χ1v) is 6.77. The Morgan fingerprint density at radius 2 is 2.19 bits per heavy atom. The maximum Gasteiger partial charge on any atom is 0.401 e. The highest BCUT2D eigenvalue weighted by Gasteiger charge is 2.31. The van der Waals surface area contributed by atoms with Crippen LogP contribution in [-0.4, -0.2) is 54.8 Å². The first-order valence-electron chi connectivity index (χ1n) is 5.61. The molecule has 1 saturated heterocycles. The summed E-state index contributed by atoms with van der Waals surface area (Å²) in [6.45, 7) is 3.04. The molecule has 16 heavy (non-hydrogen) atoms. The molecule has 1 unspecified atom stereocenters. The van der Waals surface area contributed by atoms with Gasteiger partial charge in [-0.15, -0.1) is 0 Å². The minimum absolute atomic E-state index is 0.202. The van der Waals surface area contributed by atoms with Crippen molar-refractivity contribution in [1.29, 1.82) is 0 Å². The van der Waals surface area contributed by atoms with Crippen LogP contribution in [-0.2, 0) is 0 Å². The number of alkyl halides is 3. The molecule has 0 radical (unpaired) electrons. The van der Waals surface area contributed by atoms with Gasteiger partial charge >= 0.3 is 6.18 Å². The molecule has 0 bridgehead atoms. The maximum atomic E-state index is 12.3. The first-order chi connectivity index (χ1) is 7.51. The quantitative estimate of drug-likeness (QED) is 0.809. The number of nitrogens with one attached hydrogen (secondary N) is 1. The molecular formula is C10H19F3N2S. The molecule has 1 aliphatic heterocycles. The molecule has 0 aromatic heterocycles. The van der Waals surface area contributed by atoms with Gasteiger partial charge in [-0.1, -0.05) is 6.92 Å². The third-order valence-corrected chi connectivity index (χ3v) is 3.55. The van der Waals surface area contributed by atoms with Gasteiger partial charge < -0.3 is 5.32 Å². The molecule has 96 valence electrons. The molecule has 0 aliphatic carbocycles. The lowest BCUT2D eigenvalue weighted by Gasteiger charge is -2.30. The first kappa shape index (κ1) is 14.1. The Balaban J connectivity index is 2.36. The SMILES string of the molecule is CCCN(CC1CSCCN1)CC(F)(F)F. The van der Waals surface area contributed by atoms with Gasteiger partial charge in [-0.2, -0.15) is 24.9 Å². The largest absolute Gasteiger partial charge is 0.401 e. The minimum atomic E-state index is -4.09. The highest BCUT2D eigenvalue weighted by Crippen LogP contribution is 2.17. The van der Waals surface area contributed by atoms with Crippen molar-refractivity contribution < 1.29 is 13.2 Å². The lowest BCUT2D eigenvalue weighted by atomic mass is 10.2. The van der Waals surface area contributed by atoms with Crippen LogP contribution in [0.2, 0.25) is 0 Å². The van der Waals surface area contributed by atoms with Gasteiger partial charge in [-0.05, 0) is 13.0 Å². The molecule has 1 atom stereocenters. The van der Waals surface area contributed by atoms with Crippen LogP contribution in [0, 0.1) is 0 Å². The van der Waals surface area contributed by atoms with E-state index in [1.54, 1.807) is 0 Å². The van der Waals surface area contributed by atoms with Crippen molar-refractivity contribution in [2.24, 2.45) is 0 Å². The van der Waals surface area contributed by atoms with E-state index < -0.39 is 12.7 Å². The average molecular weight is 256 g/mol. The van der Waals surface area contributed by atoms with Crippen LogP contribution in [0.5, 0.6) is 0 Å². The Hall–Kier alpha value is 0.0600. The molecule has 1 fully saturated rings. The number of rotatable bonds is 5. The zero-order valence-corrected chi connectivity index (χ0v) is 10.3. The molecule has 2 nitrogen and oxygen atoms in total. The van der Waals surface area contributed by atoms with Crippen molar-refractivity contribution in [3.63, 3.8) is 0 Å². The Bertz CT molecular complexity index is 193. The second kappa shape index (κ2) is 6.71. The second-order valence-electron chi connectivity index (χ2n) is 4.08. The maximum absolute atomic E-state index is 12.3. The van der Waals surface area contributed by atoms with E-state index in [0.29, 0.717) is 13.1 Å². The number of hydrogen-bond donors (Lipinski definition) is 1. The van der Waals surface area contributed by atoms with E-state index in [2.05, 4.69) is 5.32 Å². The fourth-order valence-corrected chi connectivity index (χ4v) is 2.79. The van der Waals surface area contributed by atoms with Crippen LogP contribution in [0.25, 0.3) is 0 Å². The summed E-state index contributed by atoms with van der Waals surface area (Å²) in [5, 5.41) is 3.26. The molecule has 0 saturated carbocycles. The Morgan fingerprint density at radius 3 is 2.69 bits per heavy atom. The van der Waals surface area contributed by atoms with Gasteiger partial charge in [-0.25, -0.2) is 0 Å². The van der Waals surface area contributed by atoms with Gasteiger partial charge in [0.25, 0.3) is 0 Å². The molecule has 0 aromatic carbocycles. The van der Waals surface area contributed by atoms with Crippen molar-refractivity contribution in [2.75, 3.05) is 37.7 Å². The minimum Gasteiger partial charge on any atom is -0.311 e. The number of nitrogens with zero attached hydrogens (tertiary/aromatic N) is 1. The van der Waals surface area contributed by atoms with Crippen molar-refractivity contribution in [3.05, 3.63) is 0 Å². The predicted molar refractivity (Wildman–Crippen MR) is 61.9 cm³/mol. The summed E-state index contributed by atoms with van der Waals surface area (Å²) in [4.78, 5) is 1.50. The predicted octanol–water partition coefficient (Wildman–Crippen LogP) is 1.97. The smallest absolute Gasteiger partial charge is 0.311 e. The Morgan fingerprint density at radius 1 is 1.44 bits per heavy atom. The van der Waals surface area contributed by atoms with Crippen molar-refractivity contribution in [3.8, 4) is 0 Å². The standard InChI is InChI=1S/C10H19F3N2S/c1-2-4-15(8-10(11,12)13)6-9-7-16-5-3-14-9/h9,14H,2-8H2,1H3. The topological polar surface area (TPSA) is 15.3 Å². The van der Waals surface area contributed by atoms with Gasteiger partial charge in [0.1, 0.15) is 0 Å². The Kier molecular flexibility index (Phi) is 5.92. The van der Waals surface area contributed by atoms with Crippen LogP contribution in [0.4, 0.5) is 13.2 Å². The van der Waals surface area contributed by atoms with E-state index in [1.807, 2.05) is 18.7 Å². The summed E-state index contributed by atoms with van der Waals surface area (Å²) in [5.41, 5.74) is 0. The molecule has 0 spiro atoms. The van der Waals surface area contributed by atoms with E-state index >= 15 is 0 Å². The third kappa shape index (κ3) is 5.96. The van der Waals surface area contributed by atoms with Crippen LogP contribution in [0.3, 0.4) is 0 Å². The molecule has 1 N–H and O–H groups in total. The van der Waals surface area contributed by atoms with Crippen LogP contribution in [0.15, 0.2) is 0 Å². The zero-order valence-electron chi connectivity index (χ0n) is 9.52. The fraction of sp³-hybridized carbons (Fsp3) is 1.00. The molecule has 0 amide bonds. The summed E-state index contributed by atoms with van der Waals surface area (Å²) in [6.07, 6.45) is -3.33. The molecule has 1 aliphatic rings. The Labute approximate surface area is 98.9 Å². The van der Waals surface area contributed by atoms with Crippen LogP contribution < -0.4 is 5.32 Å². The summed E-state index contributed by atoms with van der Waals surface area (Å²) in [7, 11) is 0. The van der Waals surface area contributed by atoms with E-state index in [4.69, 9.17) is 0 Å². The molecule has 6 heteroatoms. The lowest BCUT2D eigenvalue weighted by molar-refractivity contribution is -0.146. The van der Waals surface area contributed by atoms with E-state index in [9.17, 15) is 13.2 Å². The number of hydrogen-bond acceptors (Lipinski definition) is 3. The normalized spacial score (nSPS) is 22.7. The van der Waals surface area contributed by atoms with E-state index in [0.717, 1.165) is 24.5 Å². The zero-order chi connectivity index (χ0) is 12.0. The average Bonchev–Trinajstić information content (AvgIpc) is 2.17. The molecular weight excluding hydrogens is 237 g/mol. The van der Waals surface area contributed by atoms with Gasteiger partial charge in [0.05, 0.1) is 6.54 Å². The van der Waals surface area contributed by atoms with Gasteiger partial charge in [-0.3, -0.25) is 4.90 Å². The van der Waals surface area contributed by atoms with Crippen LogP contribution in [0.1, 0.15) is 13.3 Å². The van der Waals surface area contributed by atoms with Gasteiger partial charge in [0, 0.05) is 30.6 Å². The fourth-order valence-electron chi connectivity index (χ4n) is 1.85. The monoisotopic (exact) mass is 256 g/mol. The summed E-state index contributed by atoms with van der Waals surface area (Å²) in [6, 6.07) is 0.202. The number of halogens is 3. The van der Waals surface area contributed by atoms with E-state index in [1.165, 1.54) is 4.90 Å². The molecule has 1 heterocycles. The summed E-state index contributed by atoms with van der Waals surface area (Å²) >= 11 is 1.81. The third-order valence-electron chi connectivity index (χ3n) is 2.42. The molecule has 0 aromatic rings. The summed E-state index contributed by atoms with van der Waals surface area (Å²) < 4.78 is 36.9. The summed E-state index contributed by atoms with van der Waals surface area (Å²) in [5.74, 6) is 1.97. The highest BCUT2D eigenvalue weighted by molar-refractivity contribution is 7.99. The van der Waals surface area contributed by atoms with Gasteiger partial charge in [0.2, 0.25) is 0 Å². The van der Waals surface area contributed by atoms with Crippen LogP contribution >= 0.6 is 11.8 Å². The van der Waals surface area contributed by atoms with E-state index in [-0.39, 0.29) is 6.04 Å². The molecule has 1 rings (SSSR count). The van der Waals surface area contributed by atoms with Crippen molar-refractivity contribution in [1.82, 2.24) is 10.2 Å².